The highest BCUT2D eigenvalue weighted by molar-refractivity contribution is 14.0. The first-order valence-corrected chi connectivity index (χ1v) is 9.89. The van der Waals surface area contributed by atoms with E-state index in [1.807, 2.05) is 12.1 Å². The zero-order chi connectivity index (χ0) is 18.4. The number of piperazine rings is 1. The predicted molar refractivity (Wildman–Crippen MR) is 122 cm³/mol. The minimum absolute atomic E-state index is 0. The van der Waals surface area contributed by atoms with Gasteiger partial charge in [0.1, 0.15) is 5.82 Å². The van der Waals surface area contributed by atoms with Gasteiger partial charge in [0.15, 0.2) is 5.96 Å². The van der Waals surface area contributed by atoms with Gasteiger partial charge in [-0.2, -0.15) is 0 Å². The largest absolute Gasteiger partial charge is 0.370 e. The third-order valence-electron chi connectivity index (χ3n) is 5.58. The number of hydrogen-bond acceptors (Lipinski definition) is 3. The van der Waals surface area contributed by atoms with Gasteiger partial charge in [0.05, 0.1) is 0 Å². The van der Waals surface area contributed by atoms with Crippen LogP contribution < -0.4 is 10.6 Å². The molecule has 27 heavy (non-hydrogen) atoms. The van der Waals surface area contributed by atoms with Crippen molar-refractivity contribution in [1.29, 1.82) is 0 Å². The summed E-state index contributed by atoms with van der Waals surface area (Å²) in [6.45, 7) is 10.2. The first-order chi connectivity index (χ1) is 12.6. The molecule has 0 unspecified atom stereocenters. The molecule has 2 saturated heterocycles. The lowest BCUT2D eigenvalue weighted by Gasteiger charge is -2.36. The van der Waals surface area contributed by atoms with Gasteiger partial charge in [0, 0.05) is 38.4 Å². The summed E-state index contributed by atoms with van der Waals surface area (Å²) in [5.74, 6) is 1.35. The maximum Gasteiger partial charge on any atom is 0.191 e. The number of anilines is 1. The van der Waals surface area contributed by atoms with Crippen molar-refractivity contribution in [3.63, 3.8) is 0 Å². The Balaban J connectivity index is 0.00000261. The molecule has 2 fully saturated rings. The van der Waals surface area contributed by atoms with Crippen LogP contribution in [0.2, 0.25) is 0 Å². The van der Waals surface area contributed by atoms with Gasteiger partial charge in [-0.15, -0.1) is 24.0 Å². The first-order valence-electron chi connectivity index (χ1n) is 9.89. The van der Waals surface area contributed by atoms with Gasteiger partial charge in [0.25, 0.3) is 0 Å². The van der Waals surface area contributed by atoms with Crippen LogP contribution in [-0.4, -0.2) is 68.1 Å². The smallest absolute Gasteiger partial charge is 0.191 e. The van der Waals surface area contributed by atoms with Gasteiger partial charge in [0.2, 0.25) is 0 Å². The minimum Gasteiger partial charge on any atom is -0.370 e. The number of guanidine groups is 1. The van der Waals surface area contributed by atoms with E-state index >= 15 is 0 Å². The van der Waals surface area contributed by atoms with Crippen molar-refractivity contribution in [3.8, 4) is 0 Å². The summed E-state index contributed by atoms with van der Waals surface area (Å²) in [7, 11) is 0. The van der Waals surface area contributed by atoms with Gasteiger partial charge in [-0.3, -0.25) is 4.99 Å². The Kier molecular flexibility index (Phi) is 9.08. The van der Waals surface area contributed by atoms with Crippen molar-refractivity contribution in [3.05, 3.63) is 30.1 Å². The number of aliphatic imine (C=N–C) groups is 1. The Morgan fingerprint density at radius 3 is 2.33 bits per heavy atom. The highest BCUT2D eigenvalue weighted by Gasteiger charge is 2.19. The molecule has 2 aliphatic heterocycles. The van der Waals surface area contributed by atoms with E-state index in [2.05, 4.69) is 26.6 Å². The van der Waals surface area contributed by atoms with Gasteiger partial charge < -0.3 is 20.4 Å². The molecule has 0 spiro atoms. The van der Waals surface area contributed by atoms with Crippen LogP contribution in [0.3, 0.4) is 0 Å². The monoisotopic (exact) mass is 489 g/mol. The van der Waals surface area contributed by atoms with E-state index < -0.39 is 0 Å². The number of rotatable bonds is 5. The fraction of sp³-hybridized carbons (Fsp3) is 0.650. The van der Waals surface area contributed by atoms with E-state index in [9.17, 15) is 4.39 Å². The molecule has 0 radical (unpaired) electrons. The molecule has 0 saturated carbocycles. The van der Waals surface area contributed by atoms with E-state index in [0.717, 1.165) is 57.3 Å². The van der Waals surface area contributed by atoms with E-state index in [4.69, 9.17) is 5.73 Å². The van der Waals surface area contributed by atoms with Crippen molar-refractivity contribution in [2.24, 2.45) is 16.6 Å². The zero-order valence-corrected chi connectivity index (χ0v) is 18.6. The molecule has 2 aliphatic rings. The summed E-state index contributed by atoms with van der Waals surface area (Å²) >= 11 is 0. The number of benzene rings is 1. The van der Waals surface area contributed by atoms with E-state index in [-0.39, 0.29) is 29.8 Å². The molecule has 1 aromatic carbocycles. The molecule has 0 atom stereocenters. The summed E-state index contributed by atoms with van der Waals surface area (Å²) in [5.41, 5.74) is 7.25. The number of nitrogens with zero attached hydrogens (tertiary/aromatic N) is 4. The Labute approximate surface area is 179 Å². The van der Waals surface area contributed by atoms with Gasteiger partial charge in [-0.25, -0.2) is 4.39 Å². The van der Waals surface area contributed by atoms with Crippen LogP contribution in [0, 0.1) is 11.7 Å². The molecule has 2 heterocycles. The predicted octanol–water partition coefficient (Wildman–Crippen LogP) is 3.00. The molecule has 7 heteroatoms. The lowest BCUT2D eigenvalue weighted by atomic mass is 9.99. The van der Waals surface area contributed by atoms with Crippen molar-refractivity contribution in [1.82, 2.24) is 9.80 Å². The third kappa shape index (κ3) is 6.78. The van der Waals surface area contributed by atoms with Crippen LogP contribution in [0.4, 0.5) is 10.1 Å². The van der Waals surface area contributed by atoms with Crippen LogP contribution in [0.15, 0.2) is 29.3 Å². The molecule has 0 aromatic heterocycles. The molecule has 3 rings (SSSR count). The topological polar surface area (TPSA) is 48.1 Å². The number of piperidine rings is 1. The number of likely N-dealkylation sites (tertiary alicyclic amines) is 1. The van der Waals surface area contributed by atoms with Crippen LogP contribution in [-0.2, 0) is 0 Å². The zero-order valence-electron chi connectivity index (χ0n) is 16.3. The van der Waals surface area contributed by atoms with Crippen LogP contribution >= 0.6 is 24.0 Å². The van der Waals surface area contributed by atoms with E-state index in [1.165, 1.54) is 38.1 Å². The Morgan fingerprint density at radius 2 is 1.70 bits per heavy atom. The maximum atomic E-state index is 13.0. The summed E-state index contributed by atoms with van der Waals surface area (Å²) in [4.78, 5) is 11.6. The van der Waals surface area contributed by atoms with Gasteiger partial charge in [-0.05, 0) is 69.1 Å². The molecular formula is C20H33FIN5. The second kappa shape index (κ2) is 11.0. The molecule has 0 bridgehead atoms. The summed E-state index contributed by atoms with van der Waals surface area (Å²) < 4.78 is 13.0. The molecule has 0 amide bonds. The standard InChI is InChI=1S/C20H32FN5.HI/c1-17-7-11-24(12-8-17)10-2-9-23-20(22)26-15-13-25(14-16-26)19-5-3-18(21)4-6-19;/h3-6,17H,2,7-16H2,1H3,(H2,22,23);1H. The maximum absolute atomic E-state index is 13.0. The van der Waals surface area contributed by atoms with E-state index in [1.54, 1.807) is 0 Å². The number of hydrogen-bond donors (Lipinski definition) is 1. The fourth-order valence-electron chi connectivity index (χ4n) is 3.72. The first kappa shape index (κ1) is 22.2. The summed E-state index contributed by atoms with van der Waals surface area (Å²) in [5, 5.41) is 0. The van der Waals surface area contributed by atoms with Crippen LogP contribution in [0.5, 0.6) is 0 Å². The van der Waals surface area contributed by atoms with Crippen molar-refractivity contribution >= 4 is 35.6 Å². The number of nitrogens with two attached hydrogens (primary N) is 1. The molecule has 2 N–H and O–H groups in total. The highest BCUT2D eigenvalue weighted by atomic mass is 127. The van der Waals surface area contributed by atoms with Crippen molar-refractivity contribution < 1.29 is 4.39 Å². The molecule has 152 valence electrons. The minimum atomic E-state index is -0.192. The Bertz CT molecular complexity index is 579. The average molecular weight is 489 g/mol. The second-order valence-electron chi connectivity index (χ2n) is 7.57. The lowest BCUT2D eigenvalue weighted by molar-refractivity contribution is 0.191. The quantitative estimate of drug-likeness (QED) is 0.299. The van der Waals surface area contributed by atoms with Gasteiger partial charge in [-0.1, -0.05) is 6.92 Å². The lowest BCUT2D eigenvalue weighted by Crippen LogP contribution is -2.51. The summed E-state index contributed by atoms with van der Waals surface area (Å²) in [6.07, 6.45) is 3.72. The Hall–Kier alpha value is -1.09. The van der Waals surface area contributed by atoms with Crippen molar-refractivity contribution in [2.75, 3.05) is 57.3 Å². The number of halogens is 2. The second-order valence-corrected chi connectivity index (χ2v) is 7.57. The molecular weight excluding hydrogens is 456 g/mol. The normalized spacial score (nSPS) is 19.9. The Morgan fingerprint density at radius 1 is 1.07 bits per heavy atom. The highest BCUT2D eigenvalue weighted by Crippen LogP contribution is 2.17. The molecule has 0 aliphatic carbocycles. The third-order valence-corrected chi connectivity index (χ3v) is 5.58. The van der Waals surface area contributed by atoms with Crippen LogP contribution in [0.25, 0.3) is 0 Å². The summed E-state index contributed by atoms with van der Waals surface area (Å²) in [6, 6.07) is 6.70. The molecule has 1 aromatic rings. The van der Waals surface area contributed by atoms with Crippen molar-refractivity contribution in [2.45, 2.75) is 26.2 Å². The SMILES string of the molecule is CC1CCN(CCCN=C(N)N2CCN(c3ccc(F)cc3)CC2)CC1.I. The fourth-order valence-corrected chi connectivity index (χ4v) is 3.72. The van der Waals surface area contributed by atoms with Gasteiger partial charge >= 0.3 is 0 Å². The molecule has 5 nitrogen and oxygen atoms in total. The average Bonchev–Trinajstić information content (AvgIpc) is 2.67. The van der Waals surface area contributed by atoms with E-state index in [0.29, 0.717) is 5.96 Å². The van der Waals surface area contributed by atoms with Crippen LogP contribution in [0.1, 0.15) is 26.2 Å².